The molecule has 0 aliphatic carbocycles. The summed E-state index contributed by atoms with van der Waals surface area (Å²) in [6, 6.07) is 0. The van der Waals surface area contributed by atoms with Crippen molar-refractivity contribution in [3.8, 4) is 0 Å². The summed E-state index contributed by atoms with van der Waals surface area (Å²) >= 11 is 0. The first-order chi connectivity index (χ1) is 0. The van der Waals surface area contributed by atoms with Crippen molar-refractivity contribution in [2.75, 3.05) is 0 Å². The Bertz CT molecular complexity index is 0. The maximum atomic E-state index is 0. The maximum Gasteiger partial charge on any atom is 0 e. The summed E-state index contributed by atoms with van der Waals surface area (Å²) in [7, 11) is 0. The van der Waals surface area contributed by atoms with Crippen LogP contribution in [0.15, 0.2) is 0 Å². The molecular weight excluding hydrogens is 2130 g/mol. The fraction of sp³-hybridized carbons (Fsp3) is 0. The second-order valence-electron chi connectivity index (χ2n) is 0. The van der Waals surface area contributed by atoms with Crippen molar-refractivity contribution in [2.24, 2.45) is 0 Å². The van der Waals surface area contributed by atoms with Gasteiger partial charge in [-0.05, 0) is 0 Å². The molecule has 0 heterocycles. The molecule has 0 saturated heterocycles. The molecule has 72 valence electrons. The Morgan fingerprint density at radius 2 is 0.0417 bits per heavy atom. The fourth-order valence-electron chi connectivity index (χ4n) is 0. The third-order valence-electron chi connectivity index (χ3n) is 0. The second-order valence-corrected chi connectivity index (χ2v) is 0. The van der Waals surface area contributed by atoms with E-state index in [1.165, 1.54) is 0 Å². The van der Waals surface area contributed by atoms with Crippen LogP contribution in [-0.4, -0.2) is 0 Å². The number of hydrogen-bond acceptors (Lipinski definition) is 0. The van der Waals surface area contributed by atoms with E-state index < -0.39 is 0 Å². The van der Waals surface area contributed by atoms with Gasteiger partial charge >= 0.3 is 0 Å². The number of rotatable bonds is 0. The zero-order chi connectivity index (χ0) is 0. The predicted octanol–water partition coefficient (Wildman–Crippen LogP) is -0.0600. The van der Waals surface area contributed by atoms with Gasteiger partial charge in [0, 0.05) is 785 Å². The molecule has 0 aliphatic heterocycles. The van der Waals surface area contributed by atoms with Gasteiger partial charge in [-0.3, -0.25) is 0 Å². The van der Waals surface area contributed by atoms with Gasteiger partial charge in [0.2, 0.25) is 0 Å². The Morgan fingerprint density at radius 1 is 0.0417 bits per heavy atom. The minimum absolute atomic E-state index is 0. The normalized spacial score (nSPS) is 0. The molecule has 0 nitrogen and oxygen atoms in total. The molecular formula is Y24. The first kappa shape index (κ1) is 176. The van der Waals surface area contributed by atoms with Gasteiger partial charge in [-0.2, -0.15) is 0 Å². The molecule has 0 bridgehead atoms. The van der Waals surface area contributed by atoms with Crippen molar-refractivity contribution in [2.45, 2.75) is 0 Å². The summed E-state index contributed by atoms with van der Waals surface area (Å²) < 4.78 is 0. The molecule has 0 unspecified atom stereocenters. The largest absolute Gasteiger partial charge is 0 e. The summed E-state index contributed by atoms with van der Waals surface area (Å²) in [5.74, 6) is 0. The third-order valence-corrected chi connectivity index (χ3v) is 0. The maximum absolute atomic E-state index is 0. The van der Waals surface area contributed by atoms with E-state index in [4.69, 9.17) is 0 Å². The van der Waals surface area contributed by atoms with Crippen molar-refractivity contribution < 1.29 is 785 Å². The van der Waals surface area contributed by atoms with E-state index in [1.54, 1.807) is 0 Å². The fourth-order valence-corrected chi connectivity index (χ4v) is 0. The molecule has 0 aromatic rings. The average molecular weight is 2130 g/mol. The minimum Gasteiger partial charge on any atom is 0 e. The summed E-state index contributed by atoms with van der Waals surface area (Å²) in [5.41, 5.74) is 0. The average Bonchev–Trinajstić information content (AvgIpc) is 0. The first-order valence-corrected chi connectivity index (χ1v) is 0. The molecule has 0 saturated carbocycles. The molecule has 24 heteroatoms. The van der Waals surface area contributed by atoms with Gasteiger partial charge in [-0.15, -0.1) is 0 Å². The second kappa shape index (κ2) is 166. The molecule has 0 aromatic carbocycles. The van der Waals surface area contributed by atoms with Crippen LogP contribution >= 0.6 is 0 Å². The van der Waals surface area contributed by atoms with E-state index >= 15 is 0 Å². The molecule has 0 aromatic heterocycles. The Kier molecular flexibility index (Phi) is 1220. The summed E-state index contributed by atoms with van der Waals surface area (Å²) in [6.07, 6.45) is 0. The SMILES string of the molecule is [Y].[Y].[Y].[Y].[Y].[Y].[Y].[Y].[Y].[Y].[Y].[Y].[Y].[Y].[Y].[Y].[Y].[Y].[Y].[Y].[Y].[Y].[Y].[Y]. The Hall–Kier alpha value is 26.5. The van der Waals surface area contributed by atoms with Crippen LogP contribution in [0.5, 0.6) is 0 Å². The van der Waals surface area contributed by atoms with E-state index in [9.17, 15) is 0 Å². The molecule has 24 heavy (non-hydrogen) atoms. The monoisotopic (exact) mass is 2130 g/mol. The molecule has 0 aliphatic rings. The molecule has 0 spiro atoms. The van der Waals surface area contributed by atoms with Crippen LogP contribution in [0, 0.1) is 0 Å². The Morgan fingerprint density at radius 3 is 0.0417 bits per heavy atom. The molecule has 0 amide bonds. The van der Waals surface area contributed by atoms with E-state index in [2.05, 4.69) is 0 Å². The summed E-state index contributed by atoms with van der Waals surface area (Å²) in [4.78, 5) is 0. The van der Waals surface area contributed by atoms with Crippen molar-refractivity contribution in [1.29, 1.82) is 0 Å². The molecule has 0 N–H and O–H groups in total. The van der Waals surface area contributed by atoms with E-state index in [1.807, 2.05) is 0 Å². The van der Waals surface area contributed by atoms with E-state index in [0.717, 1.165) is 0 Å². The van der Waals surface area contributed by atoms with Crippen LogP contribution in [0.25, 0.3) is 0 Å². The molecule has 24 radical (unpaired) electrons. The van der Waals surface area contributed by atoms with Gasteiger partial charge in [-0.25, -0.2) is 0 Å². The summed E-state index contributed by atoms with van der Waals surface area (Å²) in [5, 5.41) is 0. The Labute approximate surface area is 755 Å². The quantitative estimate of drug-likeness (QED) is 0.320. The Balaban J connectivity index is 0. The van der Waals surface area contributed by atoms with Gasteiger partial charge in [0.05, 0.1) is 0 Å². The van der Waals surface area contributed by atoms with Gasteiger partial charge in [0.25, 0.3) is 0 Å². The summed E-state index contributed by atoms with van der Waals surface area (Å²) in [6.45, 7) is 0. The van der Waals surface area contributed by atoms with Crippen LogP contribution in [0.4, 0.5) is 0 Å². The van der Waals surface area contributed by atoms with Crippen molar-refractivity contribution in [3.63, 3.8) is 0 Å². The van der Waals surface area contributed by atoms with Crippen LogP contribution in [-0.2, 0) is 785 Å². The smallest absolute Gasteiger partial charge is 0 e. The topological polar surface area (TPSA) is 0 Å². The minimum atomic E-state index is 0. The van der Waals surface area contributed by atoms with Crippen molar-refractivity contribution in [3.05, 3.63) is 0 Å². The zero-order valence-electron chi connectivity index (χ0n) is 13.9. The van der Waals surface area contributed by atoms with Gasteiger partial charge in [0.15, 0.2) is 0 Å². The first-order valence-electron chi connectivity index (χ1n) is 0. The van der Waals surface area contributed by atoms with E-state index in [-0.39, 0.29) is 785 Å². The van der Waals surface area contributed by atoms with Crippen molar-refractivity contribution in [1.82, 2.24) is 0 Å². The number of hydrogen-bond donors (Lipinski definition) is 0. The van der Waals surface area contributed by atoms with Gasteiger partial charge in [0.1, 0.15) is 0 Å². The van der Waals surface area contributed by atoms with Crippen LogP contribution in [0.2, 0.25) is 0 Å². The third kappa shape index (κ3) is 156. The van der Waals surface area contributed by atoms with Crippen molar-refractivity contribution >= 4 is 0 Å². The molecule has 0 atom stereocenters. The van der Waals surface area contributed by atoms with Crippen LogP contribution in [0.1, 0.15) is 0 Å². The zero-order valence-corrected chi connectivity index (χ0v) is 82.0. The molecule has 0 fully saturated rings. The van der Waals surface area contributed by atoms with E-state index in [0.29, 0.717) is 0 Å². The van der Waals surface area contributed by atoms with Crippen LogP contribution in [0.3, 0.4) is 0 Å². The molecule has 0 rings (SSSR count). The van der Waals surface area contributed by atoms with Gasteiger partial charge in [-0.1, -0.05) is 0 Å². The van der Waals surface area contributed by atoms with Gasteiger partial charge < -0.3 is 0 Å². The van der Waals surface area contributed by atoms with Crippen LogP contribution < -0.4 is 0 Å². The predicted molar refractivity (Wildman–Crippen MR) is 0 cm³/mol. The standard InChI is InChI=1S/24Y.